The summed E-state index contributed by atoms with van der Waals surface area (Å²) in [5.74, 6) is 1.22. The van der Waals surface area contributed by atoms with Crippen molar-refractivity contribution in [3.63, 3.8) is 0 Å². The number of hydrogen-bond acceptors (Lipinski definition) is 4. The molecule has 1 atom stereocenters. The van der Waals surface area contributed by atoms with E-state index in [1.807, 2.05) is 39.0 Å². The first-order valence-electron chi connectivity index (χ1n) is 6.50. The Kier molecular flexibility index (Phi) is 4.24. The Morgan fingerprint density at radius 3 is 2.70 bits per heavy atom. The molecule has 6 nitrogen and oxygen atoms in total. The number of methoxy groups -OCH3 is 1. The fourth-order valence-electron chi connectivity index (χ4n) is 2.05. The normalized spacial score (nSPS) is 12.7. The van der Waals surface area contributed by atoms with Crippen molar-refractivity contribution in [2.24, 2.45) is 0 Å². The minimum atomic E-state index is -0.299. The van der Waals surface area contributed by atoms with Gasteiger partial charge in [-0.3, -0.25) is 0 Å². The van der Waals surface area contributed by atoms with Gasteiger partial charge in [0.1, 0.15) is 11.9 Å². The van der Waals surface area contributed by atoms with Gasteiger partial charge >= 0.3 is 5.69 Å². The predicted molar refractivity (Wildman–Crippen MR) is 75.4 cm³/mol. The van der Waals surface area contributed by atoms with Crippen LogP contribution in [0.3, 0.4) is 0 Å². The van der Waals surface area contributed by atoms with E-state index in [0.29, 0.717) is 17.3 Å². The summed E-state index contributed by atoms with van der Waals surface area (Å²) in [5.41, 5.74) is 0.393. The van der Waals surface area contributed by atoms with E-state index in [4.69, 9.17) is 9.47 Å². The lowest BCUT2D eigenvalue weighted by molar-refractivity contribution is 0.0118. The molecule has 0 saturated carbocycles. The molecule has 0 unspecified atom stereocenters. The zero-order valence-corrected chi connectivity index (χ0v) is 12.1. The number of nitrogens with zero attached hydrogens (tertiary/aromatic N) is 2. The second-order valence-corrected chi connectivity index (χ2v) is 4.75. The van der Waals surface area contributed by atoms with Crippen LogP contribution in [0, 0.1) is 0 Å². The van der Waals surface area contributed by atoms with Crippen molar-refractivity contribution in [3.05, 3.63) is 40.6 Å². The second kappa shape index (κ2) is 5.92. The fourth-order valence-corrected chi connectivity index (χ4v) is 2.05. The van der Waals surface area contributed by atoms with Crippen molar-refractivity contribution in [1.82, 2.24) is 14.8 Å². The minimum absolute atomic E-state index is 0.0514. The maximum Gasteiger partial charge on any atom is 0.348 e. The van der Waals surface area contributed by atoms with Crippen LogP contribution in [0.1, 0.15) is 32.7 Å². The highest BCUT2D eigenvalue weighted by atomic mass is 16.5. The lowest BCUT2D eigenvalue weighted by atomic mass is 10.2. The summed E-state index contributed by atoms with van der Waals surface area (Å²) in [5, 5.41) is 6.52. The summed E-state index contributed by atoms with van der Waals surface area (Å²) in [4.78, 5) is 12.0. The molecule has 0 saturated heterocycles. The molecular weight excluding hydrogens is 258 g/mol. The number of rotatable bonds is 5. The molecule has 0 aliphatic carbocycles. The molecule has 1 aromatic carbocycles. The van der Waals surface area contributed by atoms with Crippen LogP contribution >= 0.6 is 0 Å². The quantitative estimate of drug-likeness (QED) is 0.908. The third kappa shape index (κ3) is 2.91. The van der Waals surface area contributed by atoms with Gasteiger partial charge < -0.3 is 9.47 Å². The Morgan fingerprint density at radius 2 is 2.05 bits per heavy atom. The highest BCUT2D eigenvalue weighted by molar-refractivity contribution is 5.39. The molecule has 1 aromatic heterocycles. The Morgan fingerprint density at radius 1 is 1.30 bits per heavy atom. The molecule has 0 spiro atoms. The van der Waals surface area contributed by atoms with Gasteiger partial charge in [0.25, 0.3) is 0 Å². The summed E-state index contributed by atoms with van der Waals surface area (Å²) in [6.45, 7) is 5.75. The topological polar surface area (TPSA) is 69.1 Å². The van der Waals surface area contributed by atoms with Gasteiger partial charge in [0.15, 0.2) is 5.82 Å². The van der Waals surface area contributed by atoms with Crippen LogP contribution in [0.4, 0.5) is 0 Å². The van der Waals surface area contributed by atoms with Crippen molar-refractivity contribution in [3.8, 4) is 11.4 Å². The van der Waals surface area contributed by atoms with Crippen molar-refractivity contribution >= 4 is 0 Å². The van der Waals surface area contributed by atoms with Gasteiger partial charge in [-0.2, -0.15) is 5.10 Å². The molecule has 0 bridgehead atoms. The summed E-state index contributed by atoms with van der Waals surface area (Å²) in [6, 6.07) is 7.25. The van der Waals surface area contributed by atoms with E-state index in [-0.39, 0.29) is 17.9 Å². The number of ether oxygens (including phenoxy) is 2. The van der Waals surface area contributed by atoms with Crippen LogP contribution in [-0.4, -0.2) is 28.0 Å². The Labute approximate surface area is 117 Å². The largest absolute Gasteiger partial charge is 0.497 e. The first kappa shape index (κ1) is 14.3. The summed E-state index contributed by atoms with van der Waals surface area (Å²) < 4.78 is 12.4. The predicted octanol–water partition coefficient (Wildman–Crippen LogP) is 2.06. The molecule has 1 heterocycles. The monoisotopic (exact) mass is 277 g/mol. The molecule has 2 aromatic rings. The maximum absolute atomic E-state index is 12.0. The van der Waals surface area contributed by atoms with Crippen molar-refractivity contribution in [1.29, 1.82) is 0 Å². The summed E-state index contributed by atoms with van der Waals surface area (Å²) >= 11 is 0. The highest BCUT2D eigenvalue weighted by Crippen LogP contribution is 2.20. The Balaban J connectivity index is 2.45. The number of hydrogen-bond donors (Lipinski definition) is 1. The summed E-state index contributed by atoms with van der Waals surface area (Å²) in [7, 11) is 1.59. The van der Waals surface area contributed by atoms with Gasteiger partial charge in [-0.15, -0.1) is 0 Å². The number of H-pyrrole nitrogens is 1. The van der Waals surface area contributed by atoms with Gasteiger partial charge in [0.2, 0.25) is 0 Å². The first-order valence-corrected chi connectivity index (χ1v) is 6.50. The third-order valence-corrected chi connectivity index (χ3v) is 2.85. The third-order valence-electron chi connectivity index (χ3n) is 2.85. The minimum Gasteiger partial charge on any atom is -0.497 e. The number of benzene rings is 1. The van der Waals surface area contributed by atoms with E-state index < -0.39 is 0 Å². The van der Waals surface area contributed by atoms with Gasteiger partial charge in [-0.05, 0) is 32.9 Å². The number of nitrogens with one attached hydrogen (secondary N) is 1. The first-order chi connectivity index (χ1) is 9.52. The zero-order chi connectivity index (χ0) is 14.7. The van der Waals surface area contributed by atoms with E-state index in [2.05, 4.69) is 10.2 Å². The molecule has 0 aliphatic rings. The van der Waals surface area contributed by atoms with E-state index in [1.165, 1.54) is 4.57 Å². The highest BCUT2D eigenvalue weighted by Gasteiger charge is 2.18. The lowest BCUT2D eigenvalue weighted by Gasteiger charge is -2.16. The molecular formula is C14H19N3O3. The Hall–Kier alpha value is -2.08. The van der Waals surface area contributed by atoms with Crippen molar-refractivity contribution in [2.45, 2.75) is 33.0 Å². The van der Waals surface area contributed by atoms with E-state index in [0.717, 1.165) is 0 Å². The second-order valence-electron chi connectivity index (χ2n) is 4.75. The van der Waals surface area contributed by atoms with Crippen molar-refractivity contribution in [2.75, 3.05) is 7.11 Å². The van der Waals surface area contributed by atoms with Gasteiger partial charge in [-0.25, -0.2) is 14.5 Å². The molecule has 108 valence electrons. The molecule has 0 amide bonds. The van der Waals surface area contributed by atoms with Crippen LogP contribution in [0.25, 0.3) is 5.69 Å². The molecule has 2 rings (SSSR count). The van der Waals surface area contributed by atoms with Crippen LogP contribution in [0.15, 0.2) is 29.1 Å². The van der Waals surface area contributed by atoms with Crippen LogP contribution < -0.4 is 10.4 Å². The van der Waals surface area contributed by atoms with Gasteiger partial charge in [0, 0.05) is 6.07 Å². The van der Waals surface area contributed by atoms with Crippen molar-refractivity contribution < 1.29 is 9.47 Å². The van der Waals surface area contributed by atoms with E-state index in [9.17, 15) is 4.79 Å². The van der Waals surface area contributed by atoms with Crippen LogP contribution in [-0.2, 0) is 4.74 Å². The molecule has 6 heteroatoms. The molecule has 0 radical (unpaired) electrons. The van der Waals surface area contributed by atoms with E-state index >= 15 is 0 Å². The average Bonchev–Trinajstić information content (AvgIpc) is 2.80. The fraction of sp³-hybridized carbons (Fsp3) is 0.429. The molecule has 1 N–H and O–H groups in total. The van der Waals surface area contributed by atoms with E-state index in [1.54, 1.807) is 13.2 Å². The van der Waals surface area contributed by atoms with Crippen LogP contribution in [0.2, 0.25) is 0 Å². The Bertz CT molecular complexity index is 631. The van der Waals surface area contributed by atoms with Gasteiger partial charge in [-0.1, -0.05) is 6.07 Å². The van der Waals surface area contributed by atoms with Crippen LogP contribution in [0.5, 0.6) is 5.75 Å². The number of aromatic amines is 1. The smallest absolute Gasteiger partial charge is 0.348 e. The molecule has 20 heavy (non-hydrogen) atoms. The zero-order valence-electron chi connectivity index (χ0n) is 12.1. The average molecular weight is 277 g/mol. The standard InChI is InChI=1S/C14H19N3O3/c1-9(2)20-10(3)13-15-16-14(18)17(13)11-6-5-7-12(8-11)19-4/h5-10H,1-4H3,(H,16,18)/t10-/m0/s1. The lowest BCUT2D eigenvalue weighted by Crippen LogP contribution is -2.19. The summed E-state index contributed by atoms with van der Waals surface area (Å²) in [6.07, 6.45) is -0.240. The molecule has 0 aliphatic heterocycles. The van der Waals surface area contributed by atoms with Gasteiger partial charge in [0.05, 0.1) is 18.9 Å². The number of aromatic nitrogens is 3. The SMILES string of the molecule is COc1cccc(-n2c([C@H](C)OC(C)C)n[nH]c2=O)c1. The molecule has 0 fully saturated rings. The maximum atomic E-state index is 12.0.